The van der Waals surface area contributed by atoms with Gasteiger partial charge in [-0.15, -0.1) is 0 Å². The number of ketones is 1. The summed E-state index contributed by atoms with van der Waals surface area (Å²) in [5.41, 5.74) is 0. The summed E-state index contributed by atoms with van der Waals surface area (Å²) >= 11 is 0. The number of Topliss-reactive ketones (excluding diaryl/α,β-unsaturated/α-hetero) is 1. The molecule has 1 heterocycles. The van der Waals surface area contributed by atoms with Crippen LogP contribution in [-0.4, -0.2) is 55.2 Å². The third-order valence-electron chi connectivity index (χ3n) is 2.38. The minimum Gasteiger partial charge on any atom is -0.335 e. The van der Waals surface area contributed by atoms with E-state index in [2.05, 4.69) is 0 Å². The summed E-state index contributed by atoms with van der Waals surface area (Å²) in [6, 6.07) is 0. The maximum absolute atomic E-state index is 11.6. The van der Waals surface area contributed by atoms with Crippen molar-refractivity contribution in [3.05, 3.63) is 0 Å². The van der Waals surface area contributed by atoms with E-state index >= 15 is 0 Å². The molecular formula is C10H18N2O2. The fourth-order valence-corrected chi connectivity index (χ4v) is 1.53. The quantitative estimate of drug-likeness (QED) is 0.647. The van der Waals surface area contributed by atoms with Crippen LogP contribution < -0.4 is 0 Å². The molecule has 0 aromatic heterocycles. The molecule has 1 saturated heterocycles. The van der Waals surface area contributed by atoms with Crippen molar-refractivity contribution in [2.75, 3.05) is 33.7 Å². The molecule has 1 aliphatic rings. The zero-order valence-corrected chi connectivity index (χ0v) is 8.95. The van der Waals surface area contributed by atoms with E-state index in [4.69, 9.17) is 0 Å². The van der Waals surface area contributed by atoms with Gasteiger partial charge >= 0.3 is 0 Å². The fraction of sp³-hybridized carbons (Fsp3) is 0.800. The molecular weight excluding hydrogens is 180 g/mol. The Bertz CT molecular complexity index is 226. The summed E-state index contributed by atoms with van der Waals surface area (Å²) in [6.45, 7) is 1.83. The van der Waals surface area contributed by atoms with Crippen molar-refractivity contribution in [1.29, 1.82) is 0 Å². The summed E-state index contributed by atoms with van der Waals surface area (Å²) in [6.07, 6.45) is 1.98. The average Bonchev–Trinajstić information content (AvgIpc) is 2.14. The first-order valence-electron chi connectivity index (χ1n) is 5.04. The van der Waals surface area contributed by atoms with Crippen LogP contribution in [0.1, 0.15) is 19.3 Å². The highest BCUT2D eigenvalue weighted by molar-refractivity contribution is 5.87. The average molecular weight is 198 g/mol. The third-order valence-corrected chi connectivity index (χ3v) is 2.38. The summed E-state index contributed by atoms with van der Waals surface area (Å²) in [5, 5.41) is 0. The van der Waals surface area contributed by atoms with Gasteiger partial charge < -0.3 is 9.80 Å². The highest BCUT2D eigenvalue weighted by Crippen LogP contribution is 2.07. The lowest BCUT2D eigenvalue weighted by Gasteiger charge is -2.26. The summed E-state index contributed by atoms with van der Waals surface area (Å²) in [4.78, 5) is 26.4. The van der Waals surface area contributed by atoms with E-state index in [9.17, 15) is 9.59 Å². The van der Waals surface area contributed by atoms with Gasteiger partial charge in [-0.1, -0.05) is 0 Å². The first-order chi connectivity index (χ1) is 6.59. The van der Waals surface area contributed by atoms with Crippen LogP contribution >= 0.6 is 0 Å². The molecule has 0 aromatic carbocycles. The first-order valence-corrected chi connectivity index (χ1v) is 5.04. The van der Waals surface area contributed by atoms with Gasteiger partial charge in [-0.2, -0.15) is 0 Å². The lowest BCUT2D eigenvalue weighted by molar-refractivity contribution is -0.137. The topological polar surface area (TPSA) is 40.6 Å². The predicted octanol–water partition coefficient (Wildman–Crippen LogP) is 0.130. The molecule has 0 spiro atoms. The number of likely N-dealkylation sites (tertiary alicyclic amines) is 1. The molecule has 0 radical (unpaired) electrons. The van der Waals surface area contributed by atoms with Gasteiger partial charge in [0, 0.05) is 25.9 Å². The number of piperidine rings is 1. The molecule has 0 unspecified atom stereocenters. The van der Waals surface area contributed by atoms with E-state index in [-0.39, 0.29) is 11.7 Å². The van der Waals surface area contributed by atoms with Crippen molar-refractivity contribution >= 4 is 11.7 Å². The Morgan fingerprint density at radius 2 is 2.21 bits per heavy atom. The van der Waals surface area contributed by atoms with Crippen molar-refractivity contribution in [3.8, 4) is 0 Å². The second-order valence-corrected chi connectivity index (χ2v) is 4.01. The van der Waals surface area contributed by atoms with Crippen molar-refractivity contribution in [2.45, 2.75) is 19.3 Å². The van der Waals surface area contributed by atoms with E-state index < -0.39 is 0 Å². The number of amides is 1. The van der Waals surface area contributed by atoms with E-state index in [1.165, 1.54) is 0 Å². The Morgan fingerprint density at radius 3 is 2.79 bits per heavy atom. The predicted molar refractivity (Wildman–Crippen MR) is 54.0 cm³/mol. The normalized spacial score (nSPS) is 17.6. The second-order valence-electron chi connectivity index (χ2n) is 4.01. The van der Waals surface area contributed by atoms with Crippen LogP contribution in [0.25, 0.3) is 0 Å². The zero-order valence-electron chi connectivity index (χ0n) is 8.95. The SMILES string of the molecule is CN(C)CCC(=O)N1CCCC(=O)C1. The Hall–Kier alpha value is -0.900. The molecule has 0 aliphatic carbocycles. The summed E-state index contributed by atoms with van der Waals surface area (Å²) in [7, 11) is 3.88. The highest BCUT2D eigenvalue weighted by atomic mass is 16.2. The number of carbonyl (C=O) groups excluding carboxylic acids is 2. The van der Waals surface area contributed by atoms with E-state index in [0.29, 0.717) is 19.4 Å². The Labute approximate surface area is 84.9 Å². The number of carbonyl (C=O) groups is 2. The Kier molecular flexibility index (Phi) is 4.07. The van der Waals surface area contributed by atoms with Crippen LogP contribution in [0.5, 0.6) is 0 Å². The molecule has 1 fully saturated rings. The number of hydrogen-bond acceptors (Lipinski definition) is 3. The van der Waals surface area contributed by atoms with Crippen molar-refractivity contribution in [2.24, 2.45) is 0 Å². The minimum absolute atomic E-state index is 0.103. The van der Waals surface area contributed by atoms with Crippen LogP contribution in [0.4, 0.5) is 0 Å². The number of rotatable bonds is 3. The summed E-state index contributed by atoms with van der Waals surface area (Å²) in [5.74, 6) is 0.293. The molecule has 0 atom stereocenters. The van der Waals surface area contributed by atoms with Gasteiger partial charge in [0.05, 0.1) is 6.54 Å². The van der Waals surface area contributed by atoms with E-state index in [0.717, 1.165) is 19.5 Å². The lowest BCUT2D eigenvalue weighted by atomic mass is 10.1. The summed E-state index contributed by atoms with van der Waals surface area (Å²) < 4.78 is 0. The van der Waals surface area contributed by atoms with Crippen molar-refractivity contribution < 1.29 is 9.59 Å². The number of hydrogen-bond donors (Lipinski definition) is 0. The standard InChI is InChI=1S/C10H18N2O2/c1-11(2)7-5-10(14)12-6-3-4-9(13)8-12/h3-8H2,1-2H3. The Morgan fingerprint density at radius 1 is 1.50 bits per heavy atom. The van der Waals surface area contributed by atoms with Gasteiger partial charge in [0.1, 0.15) is 0 Å². The minimum atomic E-state index is 0.103. The lowest BCUT2D eigenvalue weighted by Crippen LogP contribution is -2.41. The molecule has 0 saturated carbocycles. The van der Waals surface area contributed by atoms with Gasteiger partial charge in [-0.3, -0.25) is 9.59 Å². The van der Waals surface area contributed by atoms with Crippen molar-refractivity contribution in [1.82, 2.24) is 9.80 Å². The van der Waals surface area contributed by atoms with Gasteiger partial charge in [0.25, 0.3) is 0 Å². The smallest absolute Gasteiger partial charge is 0.224 e. The van der Waals surface area contributed by atoms with Crippen LogP contribution in [0.3, 0.4) is 0 Å². The third kappa shape index (κ3) is 3.46. The molecule has 4 nitrogen and oxygen atoms in total. The molecule has 80 valence electrons. The van der Waals surface area contributed by atoms with Gasteiger partial charge in [-0.05, 0) is 20.5 Å². The van der Waals surface area contributed by atoms with Crippen LogP contribution in [-0.2, 0) is 9.59 Å². The molecule has 4 heteroatoms. The van der Waals surface area contributed by atoms with Gasteiger partial charge in [0.15, 0.2) is 5.78 Å². The van der Waals surface area contributed by atoms with Gasteiger partial charge in [-0.25, -0.2) is 0 Å². The molecule has 0 N–H and O–H groups in total. The number of nitrogens with zero attached hydrogens (tertiary/aromatic N) is 2. The van der Waals surface area contributed by atoms with Crippen LogP contribution in [0.2, 0.25) is 0 Å². The van der Waals surface area contributed by atoms with Crippen LogP contribution in [0, 0.1) is 0 Å². The maximum Gasteiger partial charge on any atom is 0.224 e. The Balaban J connectivity index is 2.32. The van der Waals surface area contributed by atoms with Crippen LogP contribution in [0.15, 0.2) is 0 Å². The molecule has 1 aliphatic heterocycles. The van der Waals surface area contributed by atoms with E-state index in [1.54, 1.807) is 4.90 Å². The monoisotopic (exact) mass is 198 g/mol. The highest BCUT2D eigenvalue weighted by Gasteiger charge is 2.20. The van der Waals surface area contributed by atoms with Crippen molar-refractivity contribution in [3.63, 3.8) is 0 Å². The largest absolute Gasteiger partial charge is 0.335 e. The molecule has 1 amide bonds. The molecule has 0 aromatic rings. The maximum atomic E-state index is 11.6. The first kappa shape index (κ1) is 11.2. The second kappa shape index (κ2) is 5.10. The zero-order chi connectivity index (χ0) is 10.6. The fourth-order valence-electron chi connectivity index (χ4n) is 1.53. The molecule has 14 heavy (non-hydrogen) atoms. The molecule has 0 bridgehead atoms. The van der Waals surface area contributed by atoms with Gasteiger partial charge in [0.2, 0.25) is 5.91 Å². The molecule has 1 rings (SSSR count). The van der Waals surface area contributed by atoms with E-state index in [1.807, 2.05) is 19.0 Å².